The van der Waals surface area contributed by atoms with Gasteiger partial charge in [0.2, 0.25) is 5.91 Å². The van der Waals surface area contributed by atoms with Crippen LogP contribution in [0.1, 0.15) is 19.3 Å². The van der Waals surface area contributed by atoms with Gasteiger partial charge >= 0.3 is 0 Å². The van der Waals surface area contributed by atoms with Crippen molar-refractivity contribution >= 4 is 38.9 Å². The molecule has 0 aliphatic carbocycles. The minimum Gasteiger partial charge on any atom is -0.381 e. The Bertz CT molecular complexity index is 738. The van der Waals surface area contributed by atoms with Crippen molar-refractivity contribution in [2.75, 3.05) is 33.4 Å². The highest BCUT2D eigenvalue weighted by molar-refractivity contribution is 7.91. The zero-order valence-corrected chi connectivity index (χ0v) is 16.2. The number of amides is 1. The zero-order chi connectivity index (χ0) is 18.4. The van der Waals surface area contributed by atoms with Crippen LogP contribution in [0, 0.1) is 11.3 Å². The van der Waals surface area contributed by atoms with Crippen molar-refractivity contribution < 1.29 is 17.9 Å². The van der Waals surface area contributed by atoms with Gasteiger partial charge in [0.25, 0.3) is 10.0 Å². The van der Waals surface area contributed by atoms with E-state index in [4.69, 9.17) is 21.6 Å². The van der Waals surface area contributed by atoms with Crippen LogP contribution in [0.2, 0.25) is 4.34 Å². The van der Waals surface area contributed by atoms with Gasteiger partial charge in [-0.1, -0.05) is 11.6 Å². The lowest BCUT2D eigenvalue weighted by atomic mass is 10.1. The molecule has 1 aliphatic heterocycles. The van der Waals surface area contributed by atoms with Crippen LogP contribution in [0.15, 0.2) is 16.3 Å². The highest BCUT2D eigenvalue weighted by Gasteiger charge is 2.30. The van der Waals surface area contributed by atoms with Crippen LogP contribution in [0.5, 0.6) is 0 Å². The van der Waals surface area contributed by atoms with E-state index < -0.39 is 10.0 Å². The van der Waals surface area contributed by atoms with E-state index in [1.54, 1.807) is 4.90 Å². The summed E-state index contributed by atoms with van der Waals surface area (Å²) in [6, 6.07) is 4.94. The Kier molecular flexibility index (Phi) is 7.22. The molecule has 138 valence electrons. The molecule has 2 heterocycles. The maximum Gasteiger partial charge on any atom is 0.252 e. The van der Waals surface area contributed by atoms with Gasteiger partial charge in [-0.3, -0.25) is 4.79 Å². The fourth-order valence-electron chi connectivity index (χ4n) is 2.63. The van der Waals surface area contributed by atoms with Gasteiger partial charge in [-0.25, -0.2) is 8.42 Å². The van der Waals surface area contributed by atoms with E-state index in [1.807, 2.05) is 6.07 Å². The maximum atomic E-state index is 12.7. The number of hydrogen-bond acceptors (Lipinski definition) is 6. The molecule has 1 fully saturated rings. The zero-order valence-electron chi connectivity index (χ0n) is 13.9. The molecular formula is C15H20ClN3O4S2. The molecule has 0 saturated carbocycles. The number of carbonyl (C=O) groups excluding carboxylic acids is 1. The molecule has 0 atom stereocenters. The van der Waals surface area contributed by atoms with Gasteiger partial charge in [-0.05, 0) is 25.0 Å². The number of thiophene rings is 1. The summed E-state index contributed by atoms with van der Waals surface area (Å²) in [5.41, 5.74) is 0. The molecule has 0 radical (unpaired) electrons. The van der Waals surface area contributed by atoms with Crippen LogP contribution in [0.3, 0.4) is 0 Å². The quantitative estimate of drug-likeness (QED) is 0.691. The molecule has 2 rings (SSSR count). The molecule has 10 heteroatoms. The lowest BCUT2D eigenvalue weighted by Crippen LogP contribution is -2.48. The van der Waals surface area contributed by atoms with Crippen LogP contribution in [-0.4, -0.2) is 62.9 Å². The summed E-state index contributed by atoms with van der Waals surface area (Å²) in [4.78, 5) is 14.3. The van der Waals surface area contributed by atoms with Crippen LogP contribution in [0.25, 0.3) is 0 Å². The Labute approximate surface area is 156 Å². The Morgan fingerprint density at radius 3 is 2.68 bits per heavy atom. The fourth-order valence-corrected chi connectivity index (χ4v) is 5.45. The first-order chi connectivity index (χ1) is 11.9. The average Bonchev–Trinajstić information content (AvgIpc) is 3.03. The molecule has 0 N–H and O–H groups in total. The predicted octanol–water partition coefficient (Wildman–Crippen LogP) is 1.94. The Balaban J connectivity index is 2.09. The SMILES string of the molecule is CN(CC(=O)N(CCC#N)C1CCOCC1)S(=O)(=O)c1ccc(Cl)s1. The first-order valence-electron chi connectivity index (χ1n) is 7.82. The lowest BCUT2D eigenvalue weighted by Gasteiger charge is -2.34. The second-order valence-electron chi connectivity index (χ2n) is 5.66. The standard InChI is InChI=1S/C15H20ClN3O4S2/c1-18(25(21,22)15-4-3-13(16)24-15)11-14(20)19(8-2-7-17)12-5-9-23-10-6-12/h3-4,12H,2,5-6,8-11H2,1H3. The van der Waals surface area contributed by atoms with Crippen LogP contribution >= 0.6 is 22.9 Å². The van der Waals surface area contributed by atoms with E-state index in [-0.39, 0.29) is 29.1 Å². The molecule has 25 heavy (non-hydrogen) atoms. The second-order valence-corrected chi connectivity index (χ2v) is 9.65. The van der Waals surface area contributed by atoms with E-state index in [2.05, 4.69) is 0 Å². The number of nitriles is 1. The summed E-state index contributed by atoms with van der Waals surface area (Å²) in [6.07, 6.45) is 1.59. The molecule has 1 amide bonds. The van der Waals surface area contributed by atoms with Gasteiger partial charge in [0, 0.05) is 32.8 Å². The second kappa shape index (κ2) is 8.96. The van der Waals surface area contributed by atoms with E-state index in [1.165, 1.54) is 19.2 Å². The Morgan fingerprint density at radius 1 is 1.44 bits per heavy atom. The van der Waals surface area contributed by atoms with Crippen molar-refractivity contribution in [1.29, 1.82) is 5.26 Å². The van der Waals surface area contributed by atoms with E-state index in [0.717, 1.165) is 15.6 Å². The third kappa shape index (κ3) is 5.15. The van der Waals surface area contributed by atoms with Gasteiger partial charge in [0.15, 0.2) is 0 Å². The third-order valence-electron chi connectivity index (χ3n) is 3.99. The normalized spacial score (nSPS) is 15.9. The van der Waals surface area contributed by atoms with E-state index in [0.29, 0.717) is 36.9 Å². The monoisotopic (exact) mass is 405 g/mol. The molecule has 1 aliphatic rings. The van der Waals surface area contributed by atoms with Gasteiger partial charge < -0.3 is 9.64 Å². The summed E-state index contributed by atoms with van der Waals surface area (Å²) in [6.45, 7) is 1.13. The smallest absolute Gasteiger partial charge is 0.252 e. The van der Waals surface area contributed by atoms with Crippen molar-refractivity contribution in [3.8, 4) is 6.07 Å². The maximum absolute atomic E-state index is 12.7. The molecule has 0 unspecified atom stereocenters. The Morgan fingerprint density at radius 2 is 2.12 bits per heavy atom. The Hall–Kier alpha value is -1.18. The minimum atomic E-state index is -3.77. The van der Waals surface area contributed by atoms with Crippen molar-refractivity contribution in [3.63, 3.8) is 0 Å². The number of carbonyl (C=O) groups is 1. The van der Waals surface area contributed by atoms with Gasteiger partial charge in [0.1, 0.15) is 4.21 Å². The third-order valence-corrected chi connectivity index (χ3v) is 7.49. The number of likely N-dealkylation sites (N-methyl/N-ethyl adjacent to an activating group) is 1. The van der Waals surface area contributed by atoms with Crippen molar-refractivity contribution in [2.24, 2.45) is 0 Å². The van der Waals surface area contributed by atoms with Gasteiger partial charge in [-0.2, -0.15) is 9.57 Å². The summed E-state index contributed by atoms with van der Waals surface area (Å²) in [7, 11) is -2.40. The molecule has 1 aromatic heterocycles. The van der Waals surface area contributed by atoms with Crippen LogP contribution < -0.4 is 0 Å². The molecule has 7 nitrogen and oxygen atoms in total. The molecular weight excluding hydrogens is 386 g/mol. The molecule has 0 spiro atoms. The summed E-state index contributed by atoms with van der Waals surface area (Å²) < 4.78 is 31.9. The first-order valence-corrected chi connectivity index (χ1v) is 10.5. The fraction of sp³-hybridized carbons (Fsp3) is 0.600. The lowest BCUT2D eigenvalue weighted by molar-refractivity contribution is -0.135. The largest absolute Gasteiger partial charge is 0.381 e. The molecule has 0 bridgehead atoms. The van der Waals surface area contributed by atoms with E-state index in [9.17, 15) is 13.2 Å². The summed E-state index contributed by atoms with van der Waals surface area (Å²) in [5.74, 6) is -0.309. The van der Waals surface area contributed by atoms with Gasteiger partial charge in [0.05, 0.1) is 23.4 Å². The molecule has 0 aromatic carbocycles. The number of hydrogen-bond donors (Lipinski definition) is 0. The number of nitrogens with zero attached hydrogens (tertiary/aromatic N) is 3. The predicted molar refractivity (Wildman–Crippen MR) is 94.9 cm³/mol. The average molecular weight is 406 g/mol. The summed E-state index contributed by atoms with van der Waals surface area (Å²) >= 11 is 6.76. The molecule has 1 saturated heterocycles. The van der Waals surface area contributed by atoms with Crippen molar-refractivity contribution in [2.45, 2.75) is 29.5 Å². The van der Waals surface area contributed by atoms with Crippen molar-refractivity contribution in [3.05, 3.63) is 16.5 Å². The number of halogens is 1. The first kappa shape index (κ1) is 20.1. The summed E-state index contributed by atoms with van der Waals surface area (Å²) in [5, 5.41) is 8.83. The topological polar surface area (TPSA) is 90.7 Å². The van der Waals surface area contributed by atoms with Gasteiger partial charge in [-0.15, -0.1) is 11.3 Å². The minimum absolute atomic E-state index is 0.0260. The van der Waals surface area contributed by atoms with Crippen LogP contribution in [0.4, 0.5) is 0 Å². The highest BCUT2D eigenvalue weighted by Crippen LogP contribution is 2.27. The van der Waals surface area contributed by atoms with E-state index >= 15 is 0 Å². The van der Waals surface area contributed by atoms with Crippen LogP contribution in [-0.2, 0) is 19.6 Å². The number of ether oxygens (including phenoxy) is 1. The molecule has 1 aromatic rings. The number of rotatable bonds is 7. The number of sulfonamides is 1. The van der Waals surface area contributed by atoms with Crippen molar-refractivity contribution in [1.82, 2.24) is 9.21 Å². The highest BCUT2D eigenvalue weighted by atomic mass is 35.5.